The second-order valence-electron chi connectivity index (χ2n) is 11.4. The van der Waals surface area contributed by atoms with E-state index in [4.69, 9.17) is 4.98 Å². The third-order valence-corrected chi connectivity index (χ3v) is 7.86. The Bertz CT molecular complexity index is 1650. The smallest absolute Gasteiger partial charge is 0.242 e. The Hall–Kier alpha value is -5.06. The van der Waals surface area contributed by atoms with Crippen LogP contribution in [0, 0.1) is 11.6 Å². The van der Waals surface area contributed by atoms with Crippen LogP contribution in [-0.4, -0.2) is 51.8 Å². The molecule has 5 rings (SSSR count). The van der Waals surface area contributed by atoms with E-state index < -0.39 is 5.54 Å². The Morgan fingerprint density at radius 1 is 0.822 bits per heavy atom. The number of benzene rings is 3. The first kappa shape index (κ1) is 31.4. The number of amides is 3. The summed E-state index contributed by atoms with van der Waals surface area (Å²) in [6, 6.07) is 21.6. The van der Waals surface area contributed by atoms with Gasteiger partial charge >= 0.3 is 0 Å². The number of imidazole rings is 1. The van der Waals surface area contributed by atoms with Crippen LogP contribution >= 0.6 is 0 Å². The molecule has 3 aromatic carbocycles. The van der Waals surface area contributed by atoms with E-state index in [-0.39, 0.29) is 48.9 Å². The average Bonchev–Trinajstić information content (AvgIpc) is 3.40. The Morgan fingerprint density at radius 2 is 1.47 bits per heavy atom. The first-order chi connectivity index (χ1) is 21.6. The SMILES string of the molecule is CC1(C)c2nc(-c3ccc(F)cc3)c(Nc3ccc(F)cc3)n2CCN1C(=O)CNC(=O)CCNC(=O)CCc1ccccc1. The molecule has 0 atom stereocenters. The van der Waals surface area contributed by atoms with Crippen LogP contribution in [-0.2, 0) is 32.9 Å². The van der Waals surface area contributed by atoms with Crippen LogP contribution in [0.5, 0.6) is 0 Å². The molecule has 1 aliphatic heterocycles. The van der Waals surface area contributed by atoms with Crippen LogP contribution < -0.4 is 16.0 Å². The molecule has 0 saturated carbocycles. The lowest BCUT2D eigenvalue weighted by Crippen LogP contribution is -2.54. The average molecular weight is 615 g/mol. The number of hydrogen-bond acceptors (Lipinski definition) is 5. The van der Waals surface area contributed by atoms with E-state index in [0.29, 0.717) is 54.5 Å². The van der Waals surface area contributed by atoms with Gasteiger partial charge in [0.1, 0.15) is 29.0 Å². The summed E-state index contributed by atoms with van der Waals surface area (Å²) in [5.74, 6) is -0.237. The fraction of sp³-hybridized carbons (Fsp3) is 0.294. The molecule has 0 bridgehead atoms. The molecule has 0 radical (unpaired) electrons. The second kappa shape index (κ2) is 13.7. The molecule has 2 heterocycles. The van der Waals surface area contributed by atoms with Crippen LogP contribution in [0.4, 0.5) is 20.3 Å². The van der Waals surface area contributed by atoms with Crippen LogP contribution in [0.2, 0.25) is 0 Å². The molecule has 234 valence electrons. The van der Waals surface area contributed by atoms with Crippen LogP contribution in [0.3, 0.4) is 0 Å². The predicted octanol–water partition coefficient (Wildman–Crippen LogP) is 4.90. The van der Waals surface area contributed by atoms with E-state index in [0.717, 1.165) is 5.56 Å². The molecule has 1 aliphatic rings. The molecule has 0 spiro atoms. The van der Waals surface area contributed by atoms with E-state index in [1.54, 1.807) is 29.2 Å². The van der Waals surface area contributed by atoms with Crippen molar-refractivity contribution in [1.82, 2.24) is 25.1 Å². The lowest BCUT2D eigenvalue weighted by atomic mass is 9.99. The summed E-state index contributed by atoms with van der Waals surface area (Å²) in [5, 5.41) is 8.76. The minimum absolute atomic E-state index is 0.0532. The highest BCUT2D eigenvalue weighted by atomic mass is 19.1. The van der Waals surface area contributed by atoms with Crippen LogP contribution in [0.15, 0.2) is 78.9 Å². The molecule has 11 heteroatoms. The molecule has 0 saturated heterocycles. The standard InChI is InChI=1S/C34H36F2N6O3/c1-34(2)33-40-31(24-9-11-25(35)12-10-24)32(39-27-15-13-26(36)14-16-27)41(33)20-21-42(34)30(45)22-38-29(44)18-19-37-28(43)17-8-23-6-4-3-5-7-23/h3-7,9-16,39H,8,17-22H2,1-2H3,(H,37,43)(H,38,44). The van der Waals surface area contributed by atoms with Gasteiger partial charge in [-0.15, -0.1) is 0 Å². The van der Waals surface area contributed by atoms with Gasteiger partial charge in [0.2, 0.25) is 17.7 Å². The number of rotatable bonds is 11. The number of carbonyl (C=O) groups is 3. The number of hydrogen-bond donors (Lipinski definition) is 3. The van der Waals surface area contributed by atoms with Crippen LogP contribution in [0.25, 0.3) is 11.3 Å². The molecular weight excluding hydrogens is 578 g/mol. The summed E-state index contributed by atoms with van der Waals surface area (Å²) in [7, 11) is 0. The highest BCUT2D eigenvalue weighted by Gasteiger charge is 2.41. The Morgan fingerprint density at radius 3 is 2.16 bits per heavy atom. The van der Waals surface area contributed by atoms with Crippen molar-refractivity contribution in [3.63, 3.8) is 0 Å². The first-order valence-corrected chi connectivity index (χ1v) is 14.9. The van der Waals surface area contributed by atoms with Gasteiger partial charge in [-0.1, -0.05) is 30.3 Å². The highest BCUT2D eigenvalue weighted by Crippen LogP contribution is 2.39. The topological polar surface area (TPSA) is 108 Å². The maximum absolute atomic E-state index is 13.7. The van der Waals surface area contributed by atoms with Crippen molar-refractivity contribution >= 4 is 29.2 Å². The van der Waals surface area contributed by atoms with Gasteiger partial charge in [0.15, 0.2) is 0 Å². The van der Waals surface area contributed by atoms with Gasteiger partial charge in [0, 0.05) is 43.7 Å². The van der Waals surface area contributed by atoms with Crippen LogP contribution in [0.1, 0.15) is 38.1 Å². The second-order valence-corrected chi connectivity index (χ2v) is 11.4. The number of fused-ring (bicyclic) bond motifs is 1. The summed E-state index contributed by atoms with van der Waals surface area (Å²) in [5.41, 5.74) is 2.10. The summed E-state index contributed by atoms with van der Waals surface area (Å²) < 4.78 is 29.3. The monoisotopic (exact) mass is 614 g/mol. The van der Waals surface area contributed by atoms with Crippen molar-refractivity contribution < 1.29 is 23.2 Å². The molecule has 45 heavy (non-hydrogen) atoms. The van der Waals surface area contributed by atoms with E-state index in [2.05, 4.69) is 16.0 Å². The van der Waals surface area contributed by atoms with Gasteiger partial charge in [0.05, 0.1) is 12.1 Å². The Kier molecular flexibility index (Phi) is 9.56. The number of aromatic nitrogens is 2. The van der Waals surface area contributed by atoms with Crippen molar-refractivity contribution in [2.24, 2.45) is 0 Å². The van der Waals surface area contributed by atoms with Gasteiger partial charge in [-0.2, -0.15) is 0 Å². The third-order valence-electron chi connectivity index (χ3n) is 7.86. The number of carbonyl (C=O) groups excluding carboxylic acids is 3. The molecule has 0 fully saturated rings. The van der Waals surface area contributed by atoms with E-state index in [1.165, 1.54) is 24.3 Å². The molecule has 0 aliphatic carbocycles. The lowest BCUT2D eigenvalue weighted by Gasteiger charge is -2.42. The molecule has 3 N–H and O–H groups in total. The van der Waals surface area contributed by atoms with Gasteiger partial charge in [-0.3, -0.25) is 14.4 Å². The third kappa shape index (κ3) is 7.54. The number of nitrogens with one attached hydrogen (secondary N) is 3. The molecule has 4 aromatic rings. The predicted molar refractivity (Wildman–Crippen MR) is 167 cm³/mol. The zero-order chi connectivity index (χ0) is 32.0. The summed E-state index contributed by atoms with van der Waals surface area (Å²) in [6.45, 7) is 4.50. The maximum Gasteiger partial charge on any atom is 0.242 e. The van der Waals surface area contributed by atoms with Gasteiger partial charge in [0.25, 0.3) is 0 Å². The molecule has 3 amide bonds. The number of anilines is 2. The van der Waals surface area contributed by atoms with Crippen molar-refractivity contribution in [1.29, 1.82) is 0 Å². The fourth-order valence-electron chi connectivity index (χ4n) is 5.44. The molecule has 0 unspecified atom stereocenters. The quantitative estimate of drug-likeness (QED) is 0.223. The van der Waals surface area contributed by atoms with Gasteiger partial charge in [-0.05, 0) is 74.4 Å². The molecule has 1 aromatic heterocycles. The zero-order valence-corrected chi connectivity index (χ0v) is 25.3. The largest absolute Gasteiger partial charge is 0.356 e. The number of nitrogens with zero attached hydrogens (tertiary/aromatic N) is 3. The van der Waals surface area contributed by atoms with E-state index in [9.17, 15) is 23.2 Å². The lowest BCUT2D eigenvalue weighted by molar-refractivity contribution is -0.139. The fourth-order valence-corrected chi connectivity index (χ4v) is 5.44. The normalized spacial score (nSPS) is 13.6. The van der Waals surface area contributed by atoms with Gasteiger partial charge < -0.3 is 25.4 Å². The Labute approximate surface area is 260 Å². The maximum atomic E-state index is 13.7. The van der Waals surface area contributed by atoms with Crippen molar-refractivity contribution in [3.8, 4) is 11.3 Å². The number of halogens is 2. The van der Waals surface area contributed by atoms with E-state index >= 15 is 0 Å². The minimum atomic E-state index is -0.857. The zero-order valence-electron chi connectivity index (χ0n) is 25.3. The summed E-state index contributed by atoms with van der Waals surface area (Å²) >= 11 is 0. The first-order valence-electron chi connectivity index (χ1n) is 14.9. The number of aryl methyl sites for hydroxylation is 1. The minimum Gasteiger partial charge on any atom is -0.356 e. The van der Waals surface area contributed by atoms with Gasteiger partial charge in [-0.25, -0.2) is 13.8 Å². The van der Waals surface area contributed by atoms with Crippen molar-refractivity contribution in [3.05, 3.63) is 102 Å². The molecule has 9 nitrogen and oxygen atoms in total. The summed E-state index contributed by atoms with van der Waals surface area (Å²) in [6.07, 6.45) is 0.998. The van der Waals surface area contributed by atoms with Crippen molar-refractivity contribution in [2.45, 2.75) is 45.2 Å². The summed E-state index contributed by atoms with van der Waals surface area (Å²) in [4.78, 5) is 44.6. The molecular formula is C34H36F2N6O3. The Balaban J connectivity index is 1.22. The van der Waals surface area contributed by atoms with E-state index in [1.807, 2.05) is 48.7 Å². The highest BCUT2D eigenvalue weighted by molar-refractivity contribution is 5.86. The van der Waals surface area contributed by atoms with Crippen molar-refractivity contribution in [2.75, 3.05) is 25.0 Å².